The van der Waals surface area contributed by atoms with Gasteiger partial charge in [0.2, 0.25) is 0 Å². The van der Waals surface area contributed by atoms with Crippen LogP contribution in [-0.2, 0) is 0 Å². The van der Waals surface area contributed by atoms with E-state index >= 15 is 0 Å². The fourth-order valence-electron chi connectivity index (χ4n) is 8.94. The van der Waals surface area contributed by atoms with Crippen molar-refractivity contribution in [1.82, 2.24) is 0 Å². The summed E-state index contributed by atoms with van der Waals surface area (Å²) in [7, 11) is 0. The lowest BCUT2D eigenvalue weighted by atomic mass is 9.13. The van der Waals surface area contributed by atoms with Crippen molar-refractivity contribution < 1.29 is 18.9 Å². The third-order valence-electron chi connectivity index (χ3n) is 12.5. The van der Waals surface area contributed by atoms with Crippen molar-refractivity contribution in [2.45, 2.75) is 182 Å². The third kappa shape index (κ3) is 17.8. The van der Waals surface area contributed by atoms with Gasteiger partial charge in [0.05, 0.1) is 26.4 Å². The number of unbranched alkanes of at least 4 members (excludes halogenated alkanes) is 20. The second-order valence-electron chi connectivity index (χ2n) is 17.6. The van der Waals surface area contributed by atoms with Gasteiger partial charge in [-0.3, -0.25) is 0 Å². The monoisotopic (exact) mass is 832 g/mol. The van der Waals surface area contributed by atoms with Crippen LogP contribution in [0, 0.1) is 0 Å². The van der Waals surface area contributed by atoms with Crippen molar-refractivity contribution in [3.05, 3.63) is 97.1 Å². The first-order chi connectivity index (χ1) is 30.1. The van der Waals surface area contributed by atoms with Gasteiger partial charge in [-0.1, -0.05) is 229 Å². The zero-order valence-corrected chi connectivity index (χ0v) is 39.2. The van der Waals surface area contributed by atoms with E-state index in [1.165, 1.54) is 150 Å². The molecule has 4 aromatic rings. The third-order valence-corrected chi connectivity index (χ3v) is 12.5. The first-order valence-corrected chi connectivity index (χ1v) is 25.2. The van der Waals surface area contributed by atoms with E-state index in [1.54, 1.807) is 0 Å². The zero-order chi connectivity index (χ0) is 43.1. The Balaban J connectivity index is 1.75. The molecule has 0 atom stereocenters. The van der Waals surface area contributed by atoms with E-state index in [2.05, 4.69) is 125 Å². The van der Waals surface area contributed by atoms with Crippen molar-refractivity contribution >= 4 is 28.0 Å². The number of hydrogen-bond donors (Lipinski definition) is 0. The van der Waals surface area contributed by atoms with Crippen molar-refractivity contribution in [2.75, 3.05) is 26.4 Å². The summed E-state index contributed by atoms with van der Waals surface area (Å²) in [5.41, 5.74) is 4.81. The van der Waals surface area contributed by atoms with Crippen LogP contribution in [-0.4, -0.2) is 32.6 Å². The molecule has 0 radical (unpaired) electrons. The fraction of sp³-hybridized carbons (Fsp3) is 0.571. The molecule has 0 N–H and O–H groups in total. The van der Waals surface area contributed by atoms with Gasteiger partial charge in [-0.2, -0.15) is 21.9 Å². The molecule has 0 heterocycles. The summed E-state index contributed by atoms with van der Waals surface area (Å²) in [4.78, 5) is 0. The largest absolute Gasteiger partial charge is 0.494 e. The summed E-state index contributed by atoms with van der Waals surface area (Å²) in [6.07, 6.45) is 28.0. The molecule has 0 saturated heterocycles. The van der Waals surface area contributed by atoms with Gasteiger partial charge in [-0.25, -0.2) is 0 Å². The molecule has 0 bridgehead atoms. The van der Waals surface area contributed by atoms with Crippen molar-refractivity contribution in [3.8, 4) is 23.0 Å². The van der Waals surface area contributed by atoms with Crippen LogP contribution in [0.3, 0.4) is 0 Å². The highest BCUT2D eigenvalue weighted by Crippen LogP contribution is 2.22. The highest BCUT2D eigenvalue weighted by Gasteiger charge is 2.33. The van der Waals surface area contributed by atoms with Crippen LogP contribution in [0.2, 0.25) is 0 Å². The second-order valence-corrected chi connectivity index (χ2v) is 17.6. The Hall–Kier alpha value is -3.86. The highest BCUT2D eigenvalue weighted by molar-refractivity contribution is 7.20. The predicted molar refractivity (Wildman–Crippen MR) is 266 cm³/mol. The molecule has 4 aromatic carbocycles. The van der Waals surface area contributed by atoms with Crippen LogP contribution in [0.5, 0.6) is 23.0 Å². The highest BCUT2D eigenvalue weighted by atomic mass is 16.5. The van der Waals surface area contributed by atoms with E-state index in [0.717, 1.165) is 75.1 Å². The van der Waals surface area contributed by atoms with Gasteiger partial charge in [0.15, 0.2) is 0 Å². The van der Waals surface area contributed by atoms with Gasteiger partial charge in [0, 0.05) is 0 Å². The number of hydrogen-bond acceptors (Lipinski definition) is 4. The zero-order valence-electron chi connectivity index (χ0n) is 39.2. The molecule has 0 amide bonds. The Morgan fingerprint density at radius 1 is 0.279 bits per heavy atom. The maximum absolute atomic E-state index is 6.56. The lowest BCUT2D eigenvalue weighted by molar-refractivity contribution is 0.304. The molecule has 0 aliphatic heterocycles. The summed E-state index contributed by atoms with van der Waals surface area (Å²) in [5, 5.41) is 0. The number of ether oxygens (including phenoxy) is 4. The van der Waals surface area contributed by atoms with E-state index in [-0.39, 0.29) is 0 Å². The van der Waals surface area contributed by atoms with Crippen LogP contribution in [0.4, 0.5) is 0 Å². The molecule has 0 fully saturated rings. The normalized spacial score (nSPS) is 11.5. The lowest BCUT2D eigenvalue weighted by Gasteiger charge is -2.44. The van der Waals surface area contributed by atoms with E-state index in [0.29, 0.717) is 0 Å². The quantitative estimate of drug-likeness (QED) is 0.0338. The van der Waals surface area contributed by atoms with E-state index < -0.39 is 6.15 Å². The second kappa shape index (κ2) is 31.1. The maximum Gasteiger partial charge on any atom is 0.116 e. The molecule has 4 nitrogen and oxygen atoms in total. The van der Waals surface area contributed by atoms with Crippen molar-refractivity contribution in [1.29, 1.82) is 0 Å². The molecule has 61 heavy (non-hydrogen) atoms. The molecule has 4 rings (SSSR count). The van der Waals surface area contributed by atoms with Gasteiger partial charge in [0.25, 0.3) is 0 Å². The van der Waals surface area contributed by atoms with Gasteiger partial charge in [-0.05, 0) is 49.9 Å². The molecule has 0 spiro atoms. The van der Waals surface area contributed by atoms with E-state index in [4.69, 9.17) is 18.9 Å². The Bertz CT molecular complexity index is 1450. The van der Waals surface area contributed by atoms with Crippen LogP contribution >= 0.6 is 0 Å². The molecule has 336 valence electrons. The Labute approximate surface area is 373 Å². The average Bonchev–Trinajstić information content (AvgIpc) is 3.29. The first kappa shape index (κ1) is 49.8. The minimum absolute atomic E-state index is 0.723. The number of benzene rings is 4. The predicted octanol–water partition coefficient (Wildman–Crippen LogP) is 14.0. The lowest BCUT2D eigenvalue weighted by Crippen LogP contribution is -2.74. The summed E-state index contributed by atoms with van der Waals surface area (Å²) in [5.74, 6) is 3.66. The molecule has 5 heteroatoms. The SMILES string of the molecule is CCCCCCCCOc1cccc([B-](c2cccc(OCCCCCCCC)c2)(c2cccc(OCCCCCCCC)c2)c2cccc(OCCCCCCCC)c2)c1. The Kier molecular flexibility index (Phi) is 25.4. The molecular formula is C56H84BO4-. The number of rotatable bonds is 36. The van der Waals surface area contributed by atoms with E-state index in [9.17, 15) is 0 Å². The average molecular weight is 832 g/mol. The minimum atomic E-state index is -1.76. The van der Waals surface area contributed by atoms with Crippen LogP contribution in [0.1, 0.15) is 182 Å². The summed E-state index contributed by atoms with van der Waals surface area (Å²) in [6, 6.07) is 35.6. The van der Waals surface area contributed by atoms with Crippen LogP contribution < -0.4 is 40.8 Å². The Morgan fingerprint density at radius 3 is 0.721 bits per heavy atom. The van der Waals surface area contributed by atoms with Gasteiger partial charge >= 0.3 is 0 Å². The molecule has 0 aromatic heterocycles. The smallest absolute Gasteiger partial charge is 0.116 e. The van der Waals surface area contributed by atoms with Gasteiger partial charge < -0.3 is 18.9 Å². The van der Waals surface area contributed by atoms with E-state index in [1.807, 2.05) is 0 Å². The molecule has 0 aliphatic rings. The van der Waals surface area contributed by atoms with Crippen LogP contribution in [0.15, 0.2) is 97.1 Å². The van der Waals surface area contributed by atoms with Crippen molar-refractivity contribution in [2.24, 2.45) is 0 Å². The maximum atomic E-state index is 6.56. The first-order valence-electron chi connectivity index (χ1n) is 25.2. The molecular weight excluding hydrogens is 747 g/mol. The van der Waals surface area contributed by atoms with Crippen molar-refractivity contribution in [3.63, 3.8) is 0 Å². The Morgan fingerprint density at radius 2 is 0.492 bits per heavy atom. The summed E-state index contributed by atoms with van der Waals surface area (Å²) in [6.45, 7) is 12.0. The van der Waals surface area contributed by atoms with Crippen LogP contribution in [0.25, 0.3) is 0 Å². The minimum Gasteiger partial charge on any atom is -0.494 e. The van der Waals surface area contributed by atoms with Gasteiger partial charge in [0.1, 0.15) is 29.1 Å². The molecule has 0 saturated carbocycles. The fourth-order valence-corrected chi connectivity index (χ4v) is 8.94. The summed E-state index contributed by atoms with van der Waals surface area (Å²) < 4.78 is 26.3. The molecule has 0 unspecified atom stereocenters. The topological polar surface area (TPSA) is 36.9 Å². The summed E-state index contributed by atoms with van der Waals surface area (Å²) >= 11 is 0. The van der Waals surface area contributed by atoms with Gasteiger partial charge in [-0.15, -0.1) is 0 Å². The molecule has 0 aliphatic carbocycles. The standard InChI is InChI=1S/C56H84BO4/c1-5-9-13-17-21-25-41-58-53-37-29-33-49(45-53)57(50-34-30-38-54(46-50)59-42-26-22-18-14-10-6-2,51-35-31-39-55(47-51)60-43-27-23-19-15-11-7-3)52-36-32-40-56(48-52)61-44-28-24-20-16-12-8-4/h29-40,45-48H,5-28,41-44H2,1-4H3/q-1.